The maximum absolute atomic E-state index is 12.5. The van der Waals surface area contributed by atoms with Gasteiger partial charge in [0.05, 0.1) is 18.4 Å². The third kappa shape index (κ3) is 7.99. The molecule has 12 nitrogen and oxygen atoms in total. The summed E-state index contributed by atoms with van der Waals surface area (Å²) in [5.74, 6) is 1.41. The van der Waals surface area contributed by atoms with Crippen LogP contribution in [0.2, 0.25) is 0 Å². The van der Waals surface area contributed by atoms with Crippen LogP contribution in [0.3, 0.4) is 0 Å². The molecule has 1 atom stereocenters. The van der Waals surface area contributed by atoms with Gasteiger partial charge in [-0.3, -0.25) is 0 Å². The number of pyridine rings is 1. The minimum atomic E-state index is -1.04. The number of hydrogen-bond acceptors (Lipinski definition) is 11. The second-order valence-corrected chi connectivity index (χ2v) is 10.1. The van der Waals surface area contributed by atoms with Crippen LogP contribution in [0, 0.1) is 12.3 Å². The fraction of sp³-hybridized carbons (Fsp3) is 0.577. The Morgan fingerprint density at radius 1 is 1.24 bits per heavy atom. The summed E-state index contributed by atoms with van der Waals surface area (Å²) in [6, 6.07) is 3.79. The fourth-order valence-electron chi connectivity index (χ4n) is 3.77. The normalized spacial score (nSPS) is 14.7. The van der Waals surface area contributed by atoms with E-state index in [9.17, 15) is 9.90 Å². The molecule has 0 saturated carbocycles. The SMILES string of the molecule is CCOCCNc1c(Nc2cc(C)ccn2)nc(N2CCN(C(=O)OC(C)(C)C)CC2)nc1C(=N)C(C)O. The van der Waals surface area contributed by atoms with E-state index in [1.807, 2.05) is 51.7 Å². The molecule has 0 bridgehead atoms. The van der Waals surface area contributed by atoms with Crippen LogP contribution in [-0.2, 0) is 9.47 Å². The number of nitrogens with zero attached hydrogens (tertiary/aromatic N) is 5. The molecule has 1 unspecified atom stereocenters. The Kier molecular flexibility index (Phi) is 9.81. The maximum Gasteiger partial charge on any atom is 0.410 e. The zero-order valence-electron chi connectivity index (χ0n) is 23.2. The topological polar surface area (TPSA) is 149 Å². The number of anilines is 4. The van der Waals surface area contributed by atoms with Gasteiger partial charge in [-0.15, -0.1) is 0 Å². The monoisotopic (exact) mass is 528 g/mol. The molecule has 0 radical (unpaired) electrons. The second kappa shape index (κ2) is 12.8. The van der Waals surface area contributed by atoms with Crippen LogP contribution in [0.4, 0.5) is 28.1 Å². The summed E-state index contributed by atoms with van der Waals surface area (Å²) in [5, 5.41) is 25.4. The van der Waals surface area contributed by atoms with Gasteiger partial charge in [0.15, 0.2) is 5.82 Å². The summed E-state index contributed by atoms with van der Waals surface area (Å²) in [4.78, 5) is 30.0. The predicted molar refractivity (Wildman–Crippen MR) is 148 cm³/mol. The molecule has 1 fully saturated rings. The van der Waals surface area contributed by atoms with Gasteiger partial charge in [-0.05, 0) is 59.2 Å². The van der Waals surface area contributed by atoms with Crippen molar-refractivity contribution in [3.8, 4) is 0 Å². The summed E-state index contributed by atoms with van der Waals surface area (Å²) in [5.41, 5.74) is 1.18. The highest BCUT2D eigenvalue weighted by atomic mass is 16.6. The highest BCUT2D eigenvalue weighted by Crippen LogP contribution is 2.30. The van der Waals surface area contributed by atoms with E-state index in [1.165, 1.54) is 6.92 Å². The minimum Gasteiger partial charge on any atom is -0.444 e. The number of aliphatic hydroxyl groups excluding tert-OH is 1. The van der Waals surface area contributed by atoms with Crippen LogP contribution in [0.15, 0.2) is 18.3 Å². The van der Waals surface area contributed by atoms with Gasteiger partial charge in [0, 0.05) is 45.5 Å². The lowest BCUT2D eigenvalue weighted by Gasteiger charge is -2.36. The quantitative estimate of drug-likeness (QED) is 0.268. The van der Waals surface area contributed by atoms with Crippen molar-refractivity contribution < 1.29 is 19.4 Å². The van der Waals surface area contributed by atoms with Crippen molar-refractivity contribution in [1.82, 2.24) is 19.9 Å². The first kappa shape index (κ1) is 29.1. The number of carbonyl (C=O) groups is 1. The van der Waals surface area contributed by atoms with Crippen LogP contribution in [0.5, 0.6) is 0 Å². The van der Waals surface area contributed by atoms with E-state index in [0.717, 1.165) is 5.56 Å². The Hall–Kier alpha value is -3.51. The number of nitrogens with one attached hydrogen (secondary N) is 3. The van der Waals surface area contributed by atoms with Crippen molar-refractivity contribution in [2.45, 2.75) is 53.2 Å². The number of rotatable bonds is 10. The summed E-state index contributed by atoms with van der Waals surface area (Å²) >= 11 is 0. The van der Waals surface area contributed by atoms with E-state index in [-0.39, 0.29) is 17.5 Å². The molecular formula is C26H40N8O4. The molecule has 0 aliphatic carbocycles. The van der Waals surface area contributed by atoms with Crippen molar-refractivity contribution in [1.29, 1.82) is 5.41 Å². The van der Waals surface area contributed by atoms with Crippen molar-refractivity contribution in [2.75, 3.05) is 61.5 Å². The van der Waals surface area contributed by atoms with Crippen LogP contribution >= 0.6 is 0 Å². The summed E-state index contributed by atoms with van der Waals surface area (Å²) in [6.07, 6.45) is 0.312. The Morgan fingerprint density at radius 3 is 2.55 bits per heavy atom. The number of aliphatic hydroxyl groups is 1. The van der Waals surface area contributed by atoms with Gasteiger partial charge in [-0.1, -0.05) is 0 Å². The first-order valence-electron chi connectivity index (χ1n) is 12.9. The smallest absolute Gasteiger partial charge is 0.410 e. The lowest BCUT2D eigenvalue weighted by molar-refractivity contribution is 0.0240. The number of piperazine rings is 1. The number of aryl methyl sites for hydroxylation is 1. The average Bonchev–Trinajstić information content (AvgIpc) is 2.85. The number of amides is 1. The van der Waals surface area contributed by atoms with E-state index in [2.05, 4.69) is 15.6 Å². The van der Waals surface area contributed by atoms with E-state index in [0.29, 0.717) is 69.2 Å². The molecule has 2 aromatic heterocycles. The molecule has 1 aliphatic rings. The molecule has 3 heterocycles. The Labute approximate surface area is 224 Å². The summed E-state index contributed by atoms with van der Waals surface area (Å²) in [6.45, 7) is 14.3. The van der Waals surface area contributed by atoms with Crippen molar-refractivity contribution >= 4 is 35.1 Å². The molecule has 1 amide bonds. The number of aromatic nitrogens is 3. The first-order valence-corrected chi connectivity index (χ1v) is 12.9. The third-order valence-electron chi connectivity index (χ3n) is 5.70. The standard InChI is InChI=1S/C26H40N8O4/c1-7-37-15-10-29-22-21(20(27)18(3)35)31-24(32-23(22)30-19-16-17(2)8-9-28-19)33-11-13-34(14-12-33)25(36)38-26(4,5)6/h8-9,16,18,27,29,35H,7,10-15H2,1-6H3,(H,28,30,31,32). The lowest BCUT2D eigenvalue weighted by Crippen LogP contribution is -2.50. The number of ether oxygens (including phenoxy) is 2. The van der Waals surface area contributed by atoms with Crippen molar-refractivity contribution in [3.63, 3.8) is 0 Å². The third-order valence-corrected chi connectivity index (χ3v) is 5.70. The molecule has 38 heavy (non-hydrogen) atoms. The number of carbonyl (C=O) groups excluding carboxylic acids is 1. The molecule has 1 aliphatic heterocycles. The molecule has 0 aromatic carbocycles. The van der Waals surface area contributed by atoms with Crippen LogP contribution < -0.4 is 15.5 Å². The molecule has 2 aromatic rings. The van der Waals surface area contributed by atoms with Crippen molar-refractivity contribution in [3.05, 3.63) is 29.6 Å². The van der Waals surface area contributed by atoms with Gasteiger partial charge in [-0.25, -0.2) is 14.8 Å². The molecule has 208 valence electrons. The van der Waals surface area contributed by atoms with E-state index < -0.39 is 11.7 Å². The van der Waals surface area contributed by atoms with Gasteiger partial charge < -0.3 is 40.4 Å². The molecule has 0 spiro atoms. The van der Waals surface area contributed by atoms with Gasteiger partial charge in [-0.2, -0.15) is 4.98 Å². The largest absolute Gasteiger partial charge is 0.444 e. The van der Waals surface area contributed by atoms with Crippen molar-refractivity contribution in [2.24, 2.45) is 0 Å². The average molecular weight is 529 g/mol. The molecule has 4 N–H and O–H groups in total. The minimum absolute atomic E-state index is 0.0415. The van der Waals surface area contributed by atoms with Crippen LogP contribution in [0.1, 0.15) is 45.9 Å². The van der Waals surface area contributed by atoms with Gasteiger partial charge in [0.2, 0.25) is 5.95 Å². The van der Waals surface area contributed by atoms with Gasteiger partial charge in [0.1, 0.15) is 22.8 Å². The Bertz CT molecular complexity index is 1110. The number of hydrogen-bond donors (Lipinski definition) is 4. The molecule has 1 saturated heterocycles. The lowest BCUT2D eigenvalue weighted by atomic mass is 10.1. The highest BCUT2D eigenvalue weighted by Gasteiger charge is 2.29. The zero-order chi connectivity index (χ0) is 27.9. The van der Waals surface area contributed by atoms with E-state index >= 15 is 0 Å². The summed E-state index contributed by atoms with van der Waals surface area (Å²) < 4.78 is 11.0. The Morgan fingerprint density at radius 2 is 1.95 bits per heavy atom. The van der Waals surface area contributed by atoms with Crippen LogP contribution in [0.25, 0.3) is 0 Å². The highest BCUT2D eigenvalue weighted by molar-refractivity contribution is 6.06. The fourth-order valence-corrected chi connectivity index (χ4v) is 3.77. The van der Waals surface area contributed by atoms with Crippen LogP contribution in [-0.4, -0.2) is 94.4 Å². The van der Waals surface area contributed by atoms with E-state index in [1.54, 1.807) is 11.1 Å². The predicted octanol–water partition coefficient (Wildman–Crippen LogP) is 3.18. The first-order chi connectivity index (χ1) is 18.0. The maximum atomic E-state index is 12.5. The second-order valence-electron chi connectivity index (χ2n) is 10.1. The van der Waals surface area contributed by atoms with Gasteiger partial charge >= 0.3 is 6.09 Å². The molecule has 3 rings (SSSR count). The Balaban J connectivity index is 1.94. The summed E-state index contributed by atoms with van der Waals surface area (Å²) in [7, 11) is 0. The molecule has 12 heteroatoms. The van der Waals surface area contributed by atoms with E-state index in [4.69, 9.17) is 24.9 Å². The zero-order valence-corrected chi connectivity index (χ0v) is 23.2. The molecular weight excluding hydrogens is 488 g/mol. The van der Waals surface area contributed by atoms with Gasteiger partial charge in [0.25, 0.3) is 0 Å².